The summed E-state index contributed by atoms with van der Waals surface area (Å²) in [6, 6.07) is -3.45. The third-order valence-electron chi connectivity index (χ3n) is 6.56. The molecule has 0 aromatic heterocycles. The van der Waals surface area contributed by atoms with Gasteiger partial charge in [0.2, 0.25) is 0 Å². The summed E-state index contributed by atoms with van der Waals surface area (Å²) in [5.41, 5.74) is 0. The first-order valence-corrected chi connectivity index (χ1v) is 11.8. The highest BCUT2D eigenvalue weighted by atomic mass is 16.4. The van der Waals surface area contributed by atoms with E-state index in [1.807, 2.05) is 12.2 Å². The van der Waals surface area contributed by atoms with Crippen molar-refractivity contribution in [3.05, 3.63) is 12.2 Å². The first kappa shape index (κ1) is 29.1. The van der Waals surface area contributed by atoms with Crippen LogP contribution in [-0.4, -0.2) is 62.4 Å². The number of quaternary nitrogens is 1. The zero-order valence-corrected chi connectivity index (χ0v) is 19.9. The summed E-state index contributed by atoms with van der Waals surface area (Å²) < 4.78 is -0.525. The van der Waals surface area contributed by atoms with Gasteiger partial charge in [0, 0.05) is 6.42 Å². The molecule has 0 rings (SSSR count). The summed E-state index contributed by atoms with van der Waals surface area (Å²) in [5, 5.41) is 28.7. The van der Waals surface area contributed by atoms with Gasteiger partial charge in [-0.25, -0.2) is 14.4 Å². The molecule has 0 radical (unpaired) electrons. The standard InChI is InChI=1S/C24H43NO6/c1-5-6-7-8-9-10-11-12-13-14-15-16-17-18-25(19(2)22(26)27,20(3)23(28)29)21(4)24(30)31/h15-16,19-21H,5-14,17-18H2,1-4H3,(H2-,26,27,28,29,30,31)/p+1/b16-15+. The summed E-state index contributed by atoms with van der Waals surface area (Å²) in [7, 11) is 0. The summed E-state index contributed by atoms with van der Waals surface area (Å²) in [4.78, 5) is 35.1. The number of carboxylic acid groups (broad SMARTS) is 3. The second-order valence-corrected chi connectivity index (χ2v) is 8.64. The summed E-state index contributed by atoms with van der Waals surface area (Å²) >= 11 is 0. The predicted octanol–water partition coefficient (Wildman–Crippen LogP) is 5.09. The largest absolute Gasteiger partial charge is 0.477 e. The summed E-state index contributed by atoms with van der Waals surface area (Å²) in [6.07, 6.45) is 16.7. The van der Waals surface area contributed by atoms with Crippen molar-refractivity contribution >= 4 is 17.9 Å². The quantitative estimate of drug-likeness (QED) is 0.146. The Bertz CT molecular complexity index is 524. The smallest absolute Gasteiger partial charge is 0.362 e. The van der Waals surface area contributed by atoms with Crippen LogP contribution < -0.4 is 0 Å². The van der Waals surface area contributed by atoms with E-state index in [4.69, 9.17) is 0 Å². The maximum Gasteiger partial charge on any atom is 0.362 e. The summed E-state index contributed by atoms with van der Waals surface area (Å²) in [5.74, 6) is -3.58. The molecule has 0 fully saturated rings. The van der Waals surface area contributed by atoms with Crippen molar-refractivity contribution in [3.63, 3.8) is 0 Å². The SMILES string of the molecule is CCCCCCCCCCC/C=C/CC[N+](C(C)C(=O)O)(C(C)C(=O)O)C(C)C(=O)O. The Kier molecular flexibility index (Phi) is 14.9. The van der Waals surface area contributed by atoms with Gasteiger partial charge in [-0.2, -0.15) is 0 Å². The van der Waals surface area contributed by atoms with Crippen molar-refractivity contribution in [3.8, 4) is 0 Å². The molecule has 3 atom stereocenters. The van der Waals surface area contributed by atoms with E-state index in [9.17, 15) is 29.7 Å². The normalized spacial score (nSPS) is 16.5. The van der Waals surface area contributed by atoms with Gasteiger partial charge in [-0.1, -0.05) is 70.4 Å². The van der Waals surface area contributed by atoms with Crippen LogP contribution in [0.4, 0.5) is 0 Å². The number of hydrogen-bond acceptors (Lipinski definition) is 3. The van der Waals surface area contributed by atoms with Crippen LogP contribution in [0.25, 0.3) is 0 Å². The number of rotatable bonds is 19. The molecule has 0 spiro atoms. The predicted molar refractivity (Wildman–Crippen MR) is 122 cm³/mol. The molecule has 7 heteroatoms. The number of aliphatic carboxylic acids is 3. The van der Waals surface area contributed by atoms with Gasteiger partial charge in [0.1, 0.15) is 0 Å². The highest BCUT2D eigenvalue weighted by Crippen LogP contribution is 2.27. The number of unbranched alkanes of at least 4 members (excludes halogenated alkanes) is 9. The molecule has 0 aromatic rings. The van der Waals surface area contributed by atoms with Crippen molar-refractivity contribution in [2.24, 2.45) is 0 Å². The van der Waals surface area contributed by atoms with Crippen molar-refractivity contribution in [1.82, 2.24) is 0 Å². The number of hydrogen-bond donors (Lipinski definition) is 3. The lowest BCUT2D eigenvalue weighted by Gasteiger charge is -2.47. The van der Waals surface area contributed by atoms with Gasteiger partial charge in [-0.05, 0) is 33.6 Å². The second kappa shape index (κ2) is 15.8. The van der Waals surface area contributed by atoms with Crippen molar-refractivity contribution in [2.75, 3.05) is 6.54 Å². The summed E-state index contributed by atoms with van der Waals surface area (Å²) in [6.45, 7) is 6.55. The molecule has 0 aliphatic rings. The molecule has 0 bridgehead atoms. The number of nitrogens with zero attached hydrogens (tertiary/aromatic N) is 1. The zero-order chi connectivity index (χ0) is 23.9. The van der Waals surface area contributed by atoms with Crippen LogP contribution in [0.15, 0.2) is 12.2 Å². The van der Waals surface area contributed by atoms with Crippen LogP contribution in [0, 0.1) is 0 Å². The molecular weight excluding hydrogens is 398 g/mol. The van der Waals surface area contributed by atoms with Crippen molar-refractivity contribution in [1.29, 1.82) is 0 Å². The van der Waals surface area contributed by atoms with E-state index in [2.05, 4.69) is 6.92 Å². The van der Waals surface area contributed by atoms with Crippen molar-refractivity contribution < 1.29 is 34.2 Å². The van der Waals surface area contributed by atoms with E-state index >= 15 is 0 Å². The van der Waals surface area contributed by atoms with Gasteiger partial charge in [0.25, 0.3) is 0 Å². The Hall–Kier alpha value is -1.89. The van der Waals surface area contributed by atoms with Crippen LogP contribution in [0.3, 0.4) is 0 Å². The second-order valence-electron chi connectivity index (χ2n) is 8.64. The molecule has 3 unspecified atom stereocenters. The molecule has 31 heavy (non-hydrogen) atoms. The maximum atomic E-state index is 11.7. The van der Waals surface area contributed by atoms with Gasteiger partial charge in [0.05, 0.1) is 6.54 Å². The Balaban J connectivity index is 4.72. The lowest BCUT2D eigenvalue weighted by atomic mass is 10.0. The molecule has 0 aliphatic carbocycles. The Labute approximate surface area is 187 Å². The molecule has 0 amide bonds. The minimum atomic E-state index is -1.19. The van der Waals surface area contributed by atoms with E-state index in [0.29, 0.717) is 6.42 Å². The van der Waals surface area contributed by atoms with Crippen LogP contribution >= 0.6 is 0 Å². The average Bonchev–Trinajstić information content (AvgIpc) is 2.72. The molecule has 0 aliphatic heterocycles. The average molecular weight is 443 g/mol. The van der Waals surface area contributed by atoms with Gasteiger partial charge < -0.3 is 15.3 Å². The maximum absolute atomic E-state index is 11.7. The fourth-order valence-corrected chi connectivity index (χ4v) is 4.31. The fraction of sp³-hybridized carbons (Fsp3) is 0.792. The molecule has 0 saturated carbocycles. The Morgan fingerprint density at radius 1 is 0.645 bits per heavy atom. The van der Waals surface area contributed by atoms with Crippen LogP contribution in [0.5, 0.6) is 0 Å². The van der Waals surface area contributed by atoms with E-state index in [-0.39, 0.29) is 6.54 Å². The zero-order valence-electron chi connectivity index (χ0n) is 19.9. The third-order valence-corrected chi connectivity index (χ3v) is 6.56. The Morgan fingerprint density at radius 2 is 1.00 bits per heavy atom. The van der Waals surface area contributed by atoms with Gasteiger partial charge in [-0.3, -0.25) is 4.48 Å². The fourth-order valence-electron chi connectivity index (χ4n) is 4.31. The van der Waals surface area contributed by atoms with Gasteiger partial charge in [-0.15, -0.1) is 0 Å². The first-order chi connectivity index (χ1) is 14.6. The molecular formula is C24H44NO6+. The van der Waals surface area contributed by atoms with E-state index in [0.717, 1.165) is 12.8 Å². The van der Waals surface area contributed by atoms with E-state index < -0.39 is 40.5 Å². The molecule has 7 nitrogen and oxygen atoms in total. The lowest BCUT2D eigenvalue weighted by molar-refractivity contribution is -0.967. The van der Waals surface area contributed by atoms with Crippen molar-refractivity contribution in [2.45, 2.75) is 116 Å². The number of carbonyl (C=O) groups is 3. The minimum Gasteiger partial charge on any atom is -0.477 e. The molecule has 180 valence electrons. The van der Waals surface area contributed by atoms with Gasteiger partial charge >= 0.3 is 17.9 Å². The first-order valence-electron chi connectivity index (χ1n) is 11.8. The van der Waals surface area contributed by atoms with E-state index in [1.165, 1.54) is 72.1 Å². The number of carboxylic acids is 3. The molecule has 3 N–H and O–H groups in total. The molecule has 0 aromatic carbocycles. The monoisotopic (exact) mass is 442 g/mol. The Morgan fingerprint density at radius 3 is 1.39 bits per heavy atom. The molecule has 0 heterocycles. The minimum absolute atomic E-state index is 0.142. The van der Waals surface area contributed by atoms with E-state index in [1.54, 1.807) is 0 Å². The van der Waals surface area contributed by atoms with Crippen LogP contribution in [0.1, 0.15) is 98.3 Å². The van der Waals surface area contributed by atoms with Crippen LogP contribution in [0.2, 0.25) is 0 Å². The number of allylic oxidation sites excluding steroid dienone is 1. The third kappa shape index (κ3) is 9.85. The highest BCUT2D eigenvalue weighted by molar-refractivity contribution is 5.77. The highest BCUT2D eigenvalue weighted by Gasteiger charge is 2.52. The molecule has 0 saturated heterocycles. The lowest BCUT2D eigenvalue weighted by Crippen LogP contribution is -2.70. The van der Waals surface area contributed by atoms with Crippen LogP contribution in [-0.2, 0) is 14.4 Å². The topological polar surface area (TPSA) is 112 Å². The van der Waals surface area contributed by atoms with Gasteiger partial charge in [0.15, 0.2) is 18.1 Å².